The minimum absolute atomic E-state index is 0.184. The minimum atomic E-state index is 0.184. The van der Waals surface area contributed by atoms with Crippen molar-refractivity contribution in [3.63, 3.8) is 0 Å². The molecule has 0 aromatic carbocycles. The van der Waals surface area contributed by atoms with Crippen LogP contribution in [0.1, 0.15) is 44.4 Å². The number of nitrogens with zero attached hydrogens (tertiary/aromatic N) is 2. The molecular weight excluding hydrogens is 214 g/mol. The summed E-state index contributed by atoms with van der Waals surface area (Å²) in [6, 6.07) is 0.377. The van der Waals surface area contributed by atoms with Gasteiger partial charge in [-0.3, -0.25) is 4.68 Å². The van der Waals surface area contributed by atoms with E-state index in [1.807, 2.05) is 18.7 Å². The summed E-state index contributed by atoms with van der Waals surface area (Å²) in [5, 5.41) is 17.6. The van der Waals surface area contributed by atoms with Gasteiger partial charge in [0.1, 0.15) is 5.82 Å². The van der Waals surface area contributed by atoms with E-state index in [-0.39, 0.29) is 17.9 Å². The first-order chi connectivity index (χ1) is 7.84. The van der Waals surface area contributed by atoms with Crippen molar-refractivity contribution < 1.29 is 5.11 Å². The third-order valence-corrected chi connectivity index (χ3v) is 3.77. The van der Waals surface area contributed by atoms with E-state index in [0.29, 0.717) is 6.04 Å². The monoisotopic (exact) mass is 237 g/mol. The number of aromatic nitrogens is 2. The van der Waals surface area contributed by atoms with Crippen LogP contribution in [0.2, 0.25) is 0 Å². The second-order valence-corrected chi connectivity index (χ2v) is 6.15. The third kappa shape index (κ3) is 2.06. The Kier molecular flexibility index (Phi) is 2.94. The fourth-order valence-electron chi connectivity index (χ4n) is 2.70. The molecule has 1 aliphatic heterocycles. The Morgan fingerprint density at radius 3 is 2.65 bits per heavy atom. The van der Waals surface area contributed by atoms with Gasteiger partial charge in [-0.2, -0.15) is 5.10 Å². The van der Waals surface area contributed by atoms with Gasteiger partial charge in [0.25, 0.3) is 0 Å². The standard InChI is InChI=1S/C13H23N3O/c1-8-11-9(7-17)6-10(13(2,3)4)14-12(11)16(5)15-8/h9-10,14,17H,6-7H2,1-5H3. The van der Waals surface area contributed by atoms with Crippen molar-refractivity contribution in [2.75, 3.05) is 11.9 Å². The van der Waals surface area contributed by atoms with Gasteiger partial charge < -0.3 is 10.4 Å². The number of nitrogens with one attached hydrogen (secondary N) is 1. The van der Waals surface area contributed by atoms with Gasteiger partial charge in [-0.1, -0.05) is 20.8 Å². The van der Waals surface area contributed by atoms with Crippen LogP contribution in [-0.2, 0) is 7.05 Å². The molecule has 2 atom stereocenters. The Hall–Kier alpha value is -1.03. The molecule has 17 heavy (non-hydrogen) atoms. The molecule has 0 saturated carbocycles. The van der Waals surface area contributed by atoms with Crippen LogP contribution < -0.4 is 5.32 Å². The van der Waals surface area contributed by atoms with E-state index in [9.17, 15) is 5.11 Å². The van der Waals surface area contributed by atoms with E-state index in [4.69, 9.17) is 0 Å². The Morgan fingerprint density at radius 2 is 2.12 bits per heavy atom. The lowest BCUT2D eigenvalue weighted by molar-refractivity contribution is 0.224. The predicted octanol–water partition coefficient (Wildman–Crippen LogP) is 2.03. The zero-order chi connectivity index (χ0) is 12.8. The molecule has 0 bridgehead atoms. The minimum Gasteiger partial charge on any atom is -0.396 e. The zero-order valence-corrected chi connectivity index (χ0v) is 11.4. The van der Waals surface area contributed by atoms with Gasteiger partial charge in [0, 0.05) is 24.6 Å². The normalized spacial score (nSPS) is 24.4. The molecule has 1 aromatic heterocycles. The molecule has 4 nitrogen and oxygen atoms in total. The van der Waals surface area contributed by atoms with Crippen LogP contribution in [0.5, 0.6) is 0 Å². The van der Waals surface area contributed by atoms with Crippen molar-refractivity contribution in [2.45, 2.75) is 46.1 Å². The van der Waals surface area contributed by atoms with E-state index in [2.05, 4.69) is 31.2 Å². The summed E-state index contributed by atoms with van der Waals surface area (Å²) in [4.78, 5) is 0. The number of hydrogen-bond acceptors (Lipinski definition) is 3. The molecule has 1 aromatic rings. The molecule has 96 valence electrons. The molecule has 1 aliphatic rings. The molecule has 0 spiro atoms. The Labute approximate surface area is 103 Å². The number of aliphatic hydroxyl groups excluding tert-OH is 1. The highest BCUT2D eigenvalue weighted by molar-refractivity contribution is 5.53. The van der Waals surface area contributed by atoms with Gasteiger partial charge in [-0.15, -0.1) is 0 Å². The van der Waals surface area contributed by atoms with E-state index in [1.54, 1.807) is 0 Å². The van der Waals surface area contributed by atoms with E-state index in [0.717, 1.165) is 17.9 Å². The lowest BCUT2D eigenvalue weighted by Gasteiger charge is -2.38. The summed E-state index contributed by atoms with van der Waals surface area (Å²) in [6.45, 7) is 8.91. The second kappa shape index (κ2) is 4.02. The molecule has 2 unspecified atom stereocenters. The van der Waals surface area contributed by atoms with Crippen LogP contribution in [-0.4, -0.2) is 27.5 Å². The highest BCUT2D eigenvalue weighted by Gasteiger charge is 2.36. The van der Waals surface area contributed by atoms with Crippen molar-refractivity contribution in [1.82, 2.24) is 9.78 Å². The van der Waals surface area contributed by atoms with E-state index < -0.39 is 0 Å². The zero-order valence-electron chi connectivity index (χ0n) is 11.4. The Morgan fingerprint density at radius 1 is 1.47 bits per heavy atom. The number of aliphatic hydroxyl groups is 1. The largest absolute Gasteiger partial charge is 0.396 e. The average Bonchev–Trinajstić information content (AvgIpc) is 2.52. The molecule has 0 radical (unpaired) electrons. The fourth-order valence-corrected chi connectivity index (χ4v) is 2.70. The molecule has 4 heteroatoms. The lowest BCUT2D eigenvalue weighted by Crippen LogP contribution is -2.39. The SMILES string of the molecule is Cc1nn(C)c2c1C(CO)CC(C(C)(C)C)N2. The third-order valence-electron chi connectivity index (χ3n) is 3.77. The van der Waals surface area contributed by atoms with Crippen molar-refractivity contribution in [3.8, 4) is 0 Å². The van der Waals surface area contributed by atoms with Crippen molar-refractivity contribution in [1.29, 1.82) is 0 Å². The maximum absolute atomic E-state index is 9.59. The molecule has 0 fully saturated rings. The summed E-state index contributed by atoms with van der Waals surface area (Å²) < 4.78 is 1.89. The van der Waals surface area contributed by atoms with Gasteiger partial charge in [-0.25, -0.2) is 0 Å². The summed E-state index contributed by atoms with van der Waals surface area (Å²) in [5.41, 5.74) is 2.40. The van der Waals surface area contributed by atoms with Crippen LogP contribution in [0.25, 0.3) is 0 Å². The lowest BCUT2D eigenvalue weighted by atomic mass is 9.77. The van der Waals surface area contributed by atoms with Crippen molar-refractivity contribution >= 4 is 5.82 Å². The van der Waals surface area contributed by atoms with Crippen LogP contribution >= 0.6 is 0 Å². The van der Waals surface area contributed by atoms with Gasteiger partial charge in [0.2, 0.25) is 0 Å². The highest BCUT2D eigenvalue weighted by atomic mass is 16.3. The van der Waals surface area contributed by atoms with Crippen molar-refractivity contribution in [2.24, 2.45) is 12.5 Å². The molecule has 2 heterocycles. The number of fused-ring (bicyclic) bond motifs is 1. The quantitative estimate of drug-likeness (QED) is 0.786. The van der Waals surface area contributed by atoms with Crippen LogP contribution in [0.15, 0.2) is 0 Å². The molecular formula is C13H23N3O. The Bertz CT molecular complexity index is 417. The molecule has 0 aliphatic carbocycles. The highest BCUT2D eigenvalue weighted by Crippen LogP contribution is 2.40. The summed E-state index contributed by atoms with van der Waals surface area (Å²) >= 11 is 0. The van der Waals surface area contributed by atoms with Gasteiger partial charge >= 0.3 is 0 Å². The van der Waals surface area contributed by atoms with Gasteiger partial charge in [-0.05, 0) is 18.8 Å². The first-order valence-electron chi connectivity index (χ1n) is 6.25. The summed E-state index contributed by atoms with van der Waals surface area (Å²) in [6.07, 6.45) is 0.972. The molecule has 0 saturated heterocycles. The number of anilines is 1. The van der Waals surface area contributed by atoms with Crippen molar-refractivity contribution in [3.05, 3.63) is 11.3 Å². The fraction of sp³-hybridized carbons (Fsp3) is 0.769. The predicted molar refractivity (Wildman–Crippen MR) is 69.3 cm³/mol. The number of hydrogen-bond donors (Lipinski definition) is 2. The smallest absolute Gasteiger partial charge is 0.128 e. The number of rotatable bonds is 1. The van der Waals surface area contributed by atoms with Gasteiger partial charge in [0.05, 0.1) is 12.3 Å². The summed E-state index contributed by atoms with van der Waals surface area (Å²) in [7, 11) is 1.96. The van der Waals surface area contributed by atoms with E-state index in [1.165, 1.54) is 5.56 Å². The Balaban J connectivity index is 2.42. The maximum Gasteiger partial charge on any atom is 0.128 e. The van der Waals surface area contributed by atoms with Crippen LogP contribution in [0, 0.1) is 12.3 Å². The van der Waals surface area contributed by atoms with Crippen LogP contribution in [0.3, 0.4) is 0 Å². The molecule has 2 rings (SSSR count). The molecule has 2 N–H and O–H groups in total. The summed E-state index contributed by atoms with van der Waals surface area (Å²) in [5.74, 6) is 1.29. The molecule has 0 amide bonds. The first-order valence-corrected chi connectivity index (χ1v) is 6.25. The average molecular weight is 237 g/mol. The topological polar surface area (TPSA) is 50.1 Å². The van der Waals surface area contributed by atoms with Crippen LogP contribution in [0.4, 0.5) is 5.82 Å². The van der Waals surface area contributed by atoms with E-state index >= 15 is 0 Å². The van der Waals surface area contributed by atoms with Gasteiger partial charge in [0.15, 0.2) is 0 Å². The number of aryl methyl sites for hydroxylation is 2. The maximum atomic E-state index is 9.59. The second-order valence-electron chi connectivity index (χ2n) is 6.15. The first kappa shape index (κ1) is 12.4.